The van der Waals surface area contributed by atoms with E-state index in [9.17, 15) is 0 Å². The molecule has 5 heteroatoms. The topological polar surface area (TPSA) is 16.2 Å². The highest BCUT2D eigenvalue weighted by Gasteiger charge is 2.26. The van der Waals surface area contributed by atoms with Crippen molar-refractivity contribution in [3.05, 3.63) is 35.9 Å². The molecule has 1 aromatic rings. The molecule has 0 bridgehead atoms. The van der Waals surface area contributed by atoms with Crippen molar-refractivity contribution < 1.29 is 0 Å². The molecule has 0 aliphatic carbocycles. The molecule has 3 heterocycles. The molecule has 45 heavy (non-hydrogen) atoms. The number of likely N-dealkylation sites (tertiary alicyclic amines) is 1. The van der Waals surface area contributed by atoms with E-state index in [2.05, 4.69) is 152 Å². The summed E-state index contributed by atoms with van der Waals surface area (Å²) in [6, 6.07) is 10.8. The lowest BCUT2D eigenvalue weighted by Gasteiger charge is -2.42. The predicted molar refractivity (Wildman–Crippen MR) is 201 cm³/mol. The van der Waals surface area contributed by atoms with Gasteiger partial charge in [-0.15, -0.1) is 0 Å². The number of piperidine rings is 1. The number of rotatable bonds is 4. The van der Waals surface area contributed by atoms with Crippen LogP contribution in [0.25, 0.3) is 0 Å². The summed E-state index contributed by atoms with van der Waals surface area (Å²) >= 11 is 0. The van der Waals surface area contributed by atoms with Crippen molar-refractivity contribution in [2.75, 3.05) is 72.0 Å². The minimum absolute atomic E-state index is 0.318. The zero-order valence-corrected chi connectivity index (χ0v) is 32.9. The molecular formula is C40H79N5. The maximum atomic E-state index is 2.58. The van der Waals surface area contributed by atoms with E-state index in [1.807, 2.05) is 0 Å². The molecule has 0 amide bonds. The molecule has 3 aliphatic rings. The molecule has 0 N–H and O–H groups in total. The van der Waals surface area contributed by atoms with Crippen molar-refractivity contribution in [3.8, 4) is 0 Å². The molecule has 0 unspecified atom stereocenters. The van der Waals surface area contributed by atoms with E-state index in [4.69, 9.17) is 0 Å². The summed E-state index contributed by atoms with van der Waals surface area (Å²) in [5.74, 6) is 0. The Morgan fingerprint density at radius 3 is 1.16 bits per heavy atom. The van der Waals surface area contributed by atoms with Crippen LogP contribution in [-0.2, 0) is 6.54 Å². The Balaban J connectivity index is 0.000000323. The van der Waals surface area contributed by atoms with E-state index >= 15 is 0 Å². The van der Waals surface area contributed by atoms with Gasteiger partial charge in [-0.3, -0.25) is 19.6 Å². The van der Waals surface area contributed by atoms with Crippen LogP contribution < -0.4 is 0 Å². The summed E-state index contributed by atoms with van der Waals surface area (Å²) in [7, 11) is 0. The monoisotopic (exact) mass is 630 g/mol. The van der Waals surface area contributed by atoms with Crippen molar-refractivity contribution in [2.24, 2.45) is 5.41 Å². The lowest BCUT2D eigenvalue weighted by molar-refractivity contribution is 0.0591. The number of hydrogen-bond acceptors (Lipinski definition) is 5. The molecule has 1 aromatic carbocycles. The van der Waals surface area contributed by atoms with Gasteiger partial charge in [-0.05, 0) is 112 Å². The van der Waals surface area contributed by atoms with E-state index in [-0.39, 0.29) is 0 Å². The van der Waals surface area contributed by atoms with Gasteiger partial charge in [0.1, 0.15) is 0 Å². The van der Waals surface area contributed by atoms with Gasteiger partial charge in [-0.1, -0.05) is 71.4 Å². The van der Waals surface area contributed by atoms with Gasteiger partial charge in [-0.2, -0.15) is 0 Å². The first-order chi connectivity index (χ1) is 20.7. The maximum Gasteiger partial charge on any atom is 0.0234 e. The second kappa shape index (κ2) is 19.7. The molecular weight excluding hydrogens is 550 g/mol. The third-order valence-corrected chi connectivity index (χ3v) is 8.74. The van der Waals surface area contributed by atoms with Crippen LogP contribution in [0.2, 0.25) is 0 Å². The van der Waals surface area contributed by atoms with E-state index in [1.165, 1.54) is 103 Å². The Bertz CT molecular complexity index is 843. The van der Waals surface area contributed by atoms with Crippen molar-refractivity contribution in [1.29, 1.82) is 0 Å². The number of nitrogens with zero attached hydrogens (tertiary/aromatic N) is 5. The molecule has 0 atom stereocenters. The summed E-state index contributed by atoms with van der Waals surface area (Å²) in [6.07, 6.45) is 5.52. The molecule has 0 radical (unpaired) electrons. The Morgan fingerprint density at radius 1 is 0.467 bits per heavy atom. The Kier molecular flexibility index (Phi) is 18.5. The average molecular weight is 630 g/mol. The number of hydrogen-bond donors (Lipinski definition) is 0. The summed E-state index contributed by atoms with van der Waals surface area (Å²) in [5, 5.41) is 0. The van der Waals surface area contributed by atoms with Gasteiger partial charge in [0.25, 0.3) is 0 Å². The second-order valence-corrected chi connectivity index (χ2v) is 18.1. The highest BCUT2D eigenvalue weighted by molar-refractivity contribution is 5.14. The molecule has 3 saturated heterocycles. The first kappa shape index (κ1) is 42.0. The SMILES string of the molecule is CC(C)(C)C.CC(C)(C)N1CCCCC1.CC(C)(C)N1CCN(Cc2ccccc2)CC1.CCCN1CCN(C(C)(C)C)CC1. The molecule has 3 aliphatic heterocycles. The third kappa shape index (κ3) is 20.1. The minimum Gasteiger partial charge on any atom is -0.301 e. The standard InChI is InChI=1S/C15H24N2.C11H24N2.C9H19N.C5H12/c1-15(2,3)17-11-9-16(10-12-17)13-14-7-5-4-6-8-14;1-5-6-12-7-9-13(10-8-12)11(2,3)4;1-9(2,3)10-7-5-4-6-8-10;1-5(2,3)4/h4-8H,9-13H2,1-3H3;5-10H2,1-4H3;4-8H2,1-3H3;1-4H3. The normalized spacial score (nSPS) is 20.2. The van der Waals surface area contributed by atoms with Crippen LogP contribution in [0, 0.1) is 5.41 Å². The molecule has 4 rings (SSSR count). The second-order valence-electron chi connectivity index (χ2n) is 18.1. The first-order valence-corrected chi connectivity index (χ1v) is 18.4. The van der Waals surface area contributed by atoms with Crippen LogP contribution >= 0.6 is 0 Å². The van der Waals surface area contributed by atoms with Gasteiger partial charge in [0.15, 0.2) is 0 Å². The summed E-state index contributed by atoms with van der Waals surface area (Å²) in [5.41, 5.74) is 3.01. The number of benzene rings is 1. The van der Waals surface area contributed by atoms with Crippen molar-refractivity contribution in [2.45, 2.75) is 146 Å². The van der Waals surface area contributed by atoms with Gasteiger partial charge < -0.3 is 4.90 Å². The van der Waals surface area contributed by atoms with Gasteiger partial charge >= 0.3 is 0 Å². The van der Waals surface area contributed by atoms with Crippen LogP contribution in [0.15, 0.2) is 30.3 Å². The van der Waals surface area contributed by atoms with Crippen molar-refractivity contribution in [3.63, 3.8) is 0 Å². The van der Waals surface area contributed by atoms with Gasteiger partial charge in [0.05, 0.1) is 0 Å². The van der Waals surface area contributed by atoms with Crippen LogP contribution in [-0.4, -0.2) is 113 Å². The zero-order chi connectivity index (χ0) is 34.3. The molecule has 0 saturated carbocycles. The van der Waals surface area contributed by atoms with Crippen molar-refractivity contribution in [1.82, 2.24) is 24.5 Å². The Labute approximate surface area is 283 Å². The first-order valence-electron chi connectivity index (χ1n) is 18.4. The molecule has 264 valence electrons. The summed E-state index contributed by atoms with van der Waals surface area (Å²) in [6.45, 7) is 46.5. The lowest BCUT2D eigenvalue weighted by Crippen LogP contribution is -2.53. The van der Waals surface area contributed by atoms with Gasteiger partial charge in [0.2, 0.25) is 0 Å². The zero-order valence-electron chi connectivity index (χ0n) is 32.9. The Morgan fingerprint density at radius 2 is 0.822 bits per heavy atom. The van der Waals surface area contributed by atoms with Crippen LogP contribution in [0.4, 0.5) is 0 Å². The molecule has 0 aromatic heterocycles. The fourth-order valence-electron chi connectivity index (χ4n) is 5.94. The smallest absolute Gasteiger partial charge is 0.0234 e. The molecule has 3 fully saturated rings. The van der Waals surface area contributed by atoms with Crippen LogP contribution in [0.5, 0.6) is 0 Å². The van der Waals surface area contributed by atoms with E-state index in [1.54, 1.807) is 0 Å². The predicted octanol–water partition coefficient (Wildman–Crippen LogP) is 8.74. The fraction of sp³-hybridized carbons (Fsp3) is 0.850. The quantitative estimate of drug-likeness (QED) is 0.330. The summed E-state index contributed by atoms with van der Waals surface area (Å²) in [4.78, 5) is 12.9. The van der Waals surface area contributed by atoms with Gasteiger partial charge in [-0.25, -0.2) is 0 Å². The van der Waals surface area contributed by atoms with Crippen LogP contribution in [0.3, 0.4) is 0 Å². The molecule has 0 spiro atoms. The average Bonchev–Trinajstić information content (AvgIpc) is 2.93. The Hall–Kier alpha value is -0.980. The minimum atomic E-state index is 0.318. The van der Waals surface area contributed by atoms with E-state index < -0.39 is 0 Å². The van der Waals surface area contributed by atoms with Crippen molar-refractivity contribution >= 4 is 0 Å². The molecule has 5 nitrogen and oxygen atoms in total. The fourth-order valence-corrected chi connectivity index (χ4v) is 5.94. The maximum absolute atomic E-state index is 2.58. The summed E-state index contributed by atoms with van der Waals surface area (Å²) < 4.78 is 0. The van der Waals surface area contributed by atoms with Crippen LogP contribution in [0.1, 0.15) is 128 Å². The highest BCUT2D eigenvalue weighted by Crippen LogP contribution is 2.20. The lowest BCUT2D eigenvalue weighted by atomic mass is 10.0. The largest absolute Gasteiger partial charge is 0.301 e. The van der Waals surface area contributed by atoms with Gasteiger partial charge in [0, 0.05) is 75.5 Å². The van der Waals surface area contributed by atoms with E-state index in [0.717, 1.165) is 6.54 Å². The van der Waals surface area contributed by atoms with E-state index in [0.29, 0.717) is 22.0 Å². The third-order valence-electron chi connectivity index (χ3n) is 8.74. The highest BCUT2D eigenvalue weighted by atomic mass is 15.3. The number of piperazine rings is 2.